The van der Waals surface area contributed by atoms with Crippen molar-refractivity contribution in [3.63, 3.8) is 0 Å². The van der Waals surface area contributed by atoms with Gasteiger partial charge in [0.1, 0.15) is 5.75 Å². The number of para-hydroxylation sites is 1. The number of ether oxygens (including phenoxy) is 1. The van der Waals surface area contributed by atoms with Crippen LogP contribution < -0.4 is 10.5 Å². The van der Waals surface area contributed by atoms with Crippen molar-refractivity contribution in [1.29, 1.82) is 0 Å². The van der Waals surface area contributed by atoms with E-state index in [0.717, 1.165) is 0 Å². The van der Waals surface area contributed by atoms with Gasteiger partial charge in [-0.15, -0.1) is 0 Å². The minimum atomic E-state index is -0.543. The summed E-state index contributed by atoms with van der Waals surface area (Å²) in [4.78, 5) is 10.3. The van der Waals surface area contributed by atoms with Gasteiger partial charge >= 0.3 is 5.69 Å². The molecule has 0 amide bonds. The Labute approximate surface area is 108 Å². The molecule has 0 unspecified atom stereocenters. The summed E-state index contributed by atoms with van der Waals surface area (Å²) >= 11 is 5.90. The van der Waals surface area contributed by atoms with Gasteiger partial charge < -0.3 is 10.5 Å². The molecule has 6 heteroatoms. The second-order valence-corrected chi connectivity index (χ2v) is 3.92. The van der Waals surface area contributed by atoms with Crippen LogP contribution in [-0.4, -0.2) is 4.92 Å². The Morgan fingerprint density at radius 2 is 1.83 bits per heavy atom. The summed E-state index contributed by atoms with van der Waals surface area (Å²) in [5.41, 5.74) is 5.94. The van der Waals surface area contributed by atoms with E-state index < -0.39 is 4.92 Å². The van der Waals surface area contributed by atoms with Gasteiger partial charge in [-0.05, 0) is 30.3 Å². The highest BCUT2D eigenvalue weighted by atomic mass is 35.5. The van der Waals surface area contributed by atoms with Crippen molar-refractivity contribution in [3.05, 3.63) is 57.6 Å². The van der Waals surface area contributed by atoms with Crippen molar-refractivity contribution in [2.75, 3.05) is 5.73 Å². The van der Waals surface area contributed by atoms with Crippen molar-refractivity contribution in [2.45, 2.75) is 0 Å². The number of hydrogen-bond acceptors (Lipinski definition) is 4. The fourth-order valence-corrected chi connectivity index (χ4v) is 1.60. The third-order valence-electron chi connectivity index (χ3n) is 2.24. The van der Waals surface area contributed by atoms with Crippen LogP contribution in [0, 0.1) is 10.1 Å². The smallest absolute Gasteiger partial charge is 0.313 e. The molecule has 18 heavy (non-hydrogen) atoms. The lowest BCUT2D eigenvalue weighted by molar-refractivity contribution is -0.385. The van der Waals surface area contributed by atoms with Crippen LogP contribution in [0.15, 0.2) is 42.5 Å². The van der Waals surface area contributed by atoms with Crippen molar-refractivity contribution in [2.24, 2.45) is 0 Å². The Balaban J connectivity index is 2.39. The summed E-state index contributed by atoms with van der Waals surface area (Å²) in [5, 5.41) is 11.0. The molecule has 0 aliphatic rings. The van der Waals surface area contributed by atoms with E-state index in [2.05, 4.69) is 0 Å². The largest absolute Gasteiger partial charge is 0.449 e. The van der Waals surface area contributed by atoms with Gasteiger partial charge in [0.15, 0.2) is 0 Å². The fraction of sp³-hybridized carbons (Fsp3) is 0. The first-order valence-electron chi connectivity index (χ1n) is 5.04. The quantitative estimate of drug-likeness (QED) is 0.522. The summed E-state index contributed by atoms with van der Waals surface area (Å²) in [6.45, 7) is 0. The second-order valence-electron chi connectivity index (χ2n) is 3.52. The molecule has 0 aliphatic heterocycles. The topological polar surface area (TPSA) is 78.4 Å². The van der Waals surface area contributed by atoms with E-state index in [9.17, 15) is 10.1 Å². The van der Waals surface area contributed by atoms with Crippen molar-refractivity contribution in [1.82, 2.24) is 0 Å². The number of nitrogens with two attached hydrogens (primary N) is 1. The molecule has 5 nitrogen and oxygen atoms in total. The zero-order valence-corrected chi connectivity index (χ0v) is 9.92. The average Bonchev–Trinajstić information content (AvgIpc) is 2.34. The highest BCUT2D eigenvalue weighted by Gasteiger charge is 2.18. The van der Waals surface area contributed by atoms with Gasteiger partial charge in [-0.3, -0.25) is 10.1 Å². The van der Waals surface area contributed by atoms with Gasteiger partial charge in [-0.25, -0.2) is 0 Å². The Hall–Kier alpha value is -2.27. The first-order chi connectivity index (χ1) is 8.58. The number of rotatable bonds is 3. The predicted molar refractivity (Wildman–Crippen MR) is 69.0 cm³/mol. The van der Waals surface area contributed by atoms with Crippen molar-refractivity contribution in [3.8, 4) is 11.5 Å². The molecule has 0 aliphatic carbocycles. The molecule has 2 N–H and O–H groups in total. The predicted octanol–water partition coefficient (Wildman–Crippen LogP) is 3.62. The van der Waals surface area contributed by atoms with E-state index in [-0.39, 0.29) is 16.5 Å². The van der Waals surface area contributed by atoms with Crippen LogP contribution in [0.3, 0.4) is 0 Å². The average molecular weight is 265 g/mol. The Morgan fingerprint density at radius 1 is 1.17 bits per heavy atom. The van der Waals surface area contributed by atoms with E-state index in [1.807, 2.05) is 0 Å². The van der Waals surface area contributed by atoms with Crippen molar-refractivity contribution < 1.29 is 9.66 Å². The molecule has 0 saturated heterocycles. The van der Waals surface area contributed by atoms with Crippen LogP contribution >= 0.6 is 11.6 Å². The molecule has 0 atom stereocenters. The number of nitrogens with zero attached hydrogens (tertiary/aromatic N) is 1. The molecule has 2 aromatic carbocycles. The normalized spacial score (nSPS) is 10.1. The second kappa shape index (κ2) is 4.93. The molecule has 0 heterocycles. The number of hydrogen-bond donors (Lipinski definition) is 1. The summed E-state index contributed by atoms with van der Waals surface area (Å²) < 4.78 is 5.43. The highest BCUT2D eigenvalue weighted by molar-refractivity contribution is 6.32. The van der Waals surface area contributed by atoms with Crippen LogP contribution in [0.1, 0.15) is 0 Å². The molecule has 0 spiro atoms. The zero-order chi connectivity index (χ0) is 13.1. The number of nitrogen functional groups attached to an aromatic ring is 1. The summed E-state index contributed by atoms with van der Waals surface area (Å²) in [7, 11) is 0. The lowest BCUT2D eigenvalue weighted by Crippen LogP contribution is -1.94. The lowest BCUT2D eigenvalue weighted by atomic mass is 10.3. The van der Waals surface area contributed by atoms with Gasteiger partial charge in [0, 0.05) is 11.8 Å². The Bertz CT molecular complexity index is 584. The minimum Gasteiger partial charge on any atom is -0.449 e. The zero-order valence-electron chi connectivity index (χ0n) is 9.17. The highest BCUT2D eigenvalue weighted by Crippen LogP contribution is 2.37. The SMILES string of the molecule is Nc1ccc(Oc2c(Cl)cccc2[N+](=O)[O-])cc1. The Morgan fingerprint density at radius 3 is 2.44 bits per heavy atom. The molecule has 0 fully saturated rings. The van der Waals surface area contributed by atoms with Crippen molar-refractivity contribution >= 4 is 23.0 Å². The molecule has 0 saturated carbocycles. The number of nitro benzene ring substituents is 1. The van der Waals surface area contributed by atoms with Gasteiger partial charge in [0.2, 0.25) is 5.75 Å². The maximum absolute atomic E-state index is 10.9. The molecular weight excluding hydrogens is 256 g/mol. The summed E-state index contributed by atoms with van der Waals surface area (Å²) in [6, 6.07) is 10.9. The standard InChI is InChI=1S/C12H9ClN2O3/c13-10-2-1-3-11(15(16)17)12(10)18-9-6-4-8(14)5-7-9/h1-7H,14H2. The first kappa shape index (κ1) is 12.2. The van der Waals surface area contributed by atoms with Gasteiger partial charge in [0.25, 0.3) is 0 Å². The van der Waals surface area contributed by atoms with Gasteiger partial charge in [0.05, 0.1) is 9.95 Å². The number of nitro groups is 1. The number of anilines is 1. The fourth-order valence-electron chi connectivity index (χ4n) is 1.40. The maximum Gasteiger partial charge on any atom is 0.313 e. The van der Waals surface area contributed by atoms with E-state index in [0.29, 0.717) is 11.4 Å². The van der Waals surface area contributed by atoms with Crippen LogP contribution in [0.2, 0.25) is 5.02 Å². The number of benzene rings is 2. The van der Waals surface area contributed by atoms with E-state index in [1.54, 1.807) is 24.3 Å². The Kier molecular flexibility index (Phi) is 3.34. The minimum absolute atomic E-state index is 0.0222. The molecule has 0 radical (unpaired) electrons. The van der Waals surface area contributed by atoms with E-state index in [1.165, 1.54) is 18.2 Å². The first-order valence-corrected chi connectivity index (χ1v) is 5.42. The molecule has 92 valence electrons. The molecule has 2 aromatic rings. The van der Waals surface area contributed by atoms with Gasteiger partial charge in [-0.2, -0.15) is 0 Å². The van der Waals surface area contributed by atoms with Crippen LogP contribution in [0.25, 0.3) is 0 Å². The molecule has 2 rings (SSSR count). The maximum atomic E-state index is 10.9. The third-order valence-corrected chi connectivity index (χ3v) is 2.54. The molecule has 0 aromatic heterocycles. The van der Waals surface area contributed by atoms with Gasteiger partial charge in [-0.1, -0.05) is 17.7 Å². The van der Waals surface area contributed by atoms with Crippen LogP contribution in [0.4, 0.5) is 11.4 Å². The number of halogens is 1. The summed E-state index contributed by atoms with van der Waals surface area (Å²) in [6.07, 6.45) is 0. The van der Waals surface area contributed by atoms with Crippen LogP contribution in [0.5, 0.6) is 11.5 Å². The third kappa shape index (κ3) is 2.52. The molecule has 0 bridgehead atoms. The van der Waals surface area contributed by atoms with E-state index >= 15 is 0 Å². The monoisotopic (exact) mass is 264 g/mol. The summed E-state index contributed by atoms with van der Waals surface area (Å²) in [5.74, 6) is 0.453. The van der Waals surface area contributed by atoms with E-state index in [4.69, 9.17) is 22.1 Å². The van der Waals surface area contributed by atoms with Crippen LogP contribution in [-0.2, 0) is 0 Å². The lowest BCUT2D eigenvalue weighted by Gasteiger charge is -2.07. The molecular formula is C12H9ClN2O3.